The number of carbonyl (C=O) groups is 1. The number of aromatic carboxylic acids is 1. The van der Waals surface area contributed by atoms with Crippen LogP contribution in [0.1, 0.15) is 54.6 Å². The number of carboxylic acids is 1. The van der Waals surface area contributed by atoms with E-state index >= 15 is 0 Å². The highest BCUT2D eigenvalue weighted by Gasteiger charge is 2.16. The van der Waals surface area contributed by atoms with Crippen molar-refractivity contribution in [3.63, 3.8) is 0 Å². The molecule has 0 saturated heterocycles. The van der Waals surface area contributed by atoms with Gasteiger partial charge in [-0.3, -0.25) is 4.68 Å². The molecule has 0 aromatic carbocycles. The Morgan fingerprint density at radius 2 is 2.11 bits per heavy atom. The maximum absolute atomic E-state index is 11.0. The molecule has 0 amide bonds. The van der Waals surface area contributed by atoms with Crippen molar-refractivity contribution in [2.24, 2.45) is 13.0 Å². The number of nitrogens with zero attached hydrogens (tertiary/aromatic N) is 2. The van der Waals surface area contributed by atoms with Crippen molar-refractivity contribution >= 4 is 5.97 Å². The van der Waals surface area contributed by atoms with Gasteiger partial charge >= 0.3 is 5.97 Å². The first kappa shape index (κ1) is 14.1. The van der Waals surface area contributed by atoms with Gasteiger partial charge in [0.1, 0.15) is 5.56 Å². The van der Waals surface area contributed by atoms with E-state index in [-0.39, 0.29) is 5.56 Å². The Bertz CT molecular complexity index is 420. The van der Waals surface area contributed by atoms with Crippen LogP contribution in [0.25, 0.3) is 0 Å². The maximum atomic E-state index is 11.0. The minimum atomic E-state index is -0.943. The van der Waals surface area contributed by atoms with Gasteiger partial charge in [0.15, 0.2) is 0 Å². The lowest BCUT2D eigenvalue weighted by molar-refractivity contribution is 0.0660. The van der Waals surface area contributed by atoms with E-state index in [2.05, 4.69) is 5.10 Å². The van der Waals surface area contributed by atoms with Crippen LogP contribution in [-0.4, -0.2) is 27.5 Å². The van der Waals surface area contributed by atoms with Gasteiger partial charge in [0.25, 0.3) is 0 Å². The van der Waals surface area contributed by atoms with Crippen molar-refractivity contribution in [1.82, 2.24) is 9.78 Å². The molecule has 1 N–H and O–H groups in total. The summed E-state index contributed by atoms with van der Waals surface area (Å²) < 4.78 is 7.30. The SMILES string of the molecule is Cn1ncc(C(=O)O)c1COCC1CCCCCC1. The second-order valence-electron chi connectivity index (χ2n) is 5.31. The first-order chi connectivity index (χ1) is 9.18. The number of hydrogen-bond donors (Lipinski definition) is 1. The fourth-order valence-electron chi connectivity index (χ4n) is 2.67. The first-order valence-electron chi connectivity index (χ1n) is 7.00. The van der Waals surface area contributed by atoms with E-state index in [1.165, 1.54) is 44.7 Å². The van der Waals surface area contributed by atoms with Gasteiger partial charge in [0.2, 0.25) is 0 Å². The van der Waals surface area contributed by atoms with Crippen molar-refractivity contribution in [3.05, 3.63) is 17.5 Å². The molecule has 5 nitrogen and oxygen atoms in total. The molecule has 1 aromatic rings. The molecule has 106 valence electrons. The van der Waals surface area contributed by atoms with Gasteiger partial charge in [0.05, 0.1) is 18.5 Å². The lowest BCUT2D eigenvalue weighted by Crippen LogP contribution is -2.12. The molecule has 0 unspecified atom stereocenters. The highest BCUT2D eigenvalue weighted by molar-refractivity contribution is 5.88. The summed E-state index contributed by atoms with van der Waals surface area (Å²) in [6.45, 7) is 1.05. The molecule has 2 rings (SSSR count). The summed E-state index contributed by atoms with van der Waals surface area (Å²) in [4.78, 5) is 11.0. The van der Waals surface area contributed by atoms with E-state index in [0.717, 1.165) is 6.61 Å². The van der Waals surface area contributed by atoms with Gasteiger partial charge in [-0.2, -0.15) is 5.10 Å². The maximum Gasteiger partial charge on any atom is 0.339 e. The summed E-state index contributed by atoms with van der Waals surface area (Å²) in [6, 6.07) is 0. The third kappa shape index (κ3) is 3.80. The van der Waals surface area contributed by atoms with Crippen LogP contribution < -0.4 is 0 Å². The molecule has 1 aromatic heterocycles. The molecule has 1 heterocycles. The van der Waals surface area contributed by atoms with E-state index < -0.39 is 5.97 Å². The van der Waals surface area contributed by atoms with Crippen molar-refractivity contribution in [1.29, 1.82) is 0 Å². The first-order valence-corrected chi connectivity index (χ1v) is 7.00. The standard InChI is InChI=1S/C14H22N2O3/c1-16-13(12(8-15-16)14(17)18)10-19-9-11-6-4-2-3-5-7-11/h8,11H,2-7,9-10H2,1H3,(H,17,18). The van der Waals surface area contributed by atoms with Gasteiger partial charge in [-0.1, -0.05) is 25.7 Å². The number of aryl methyl sites for hydroxylation is 1. The predicted molar refractivity (Wildman–Crippen MR) is 71.0 cm³/mol. The second kappa shape index (κ2) is 6.70. The summed E-state index contributed by atoms with van der Waals surface area (Å²) in [5.74, 6) is -0.315. The zero-order valence-corrected chi connectivity index (χ0v) is 11.5. The van der Waals surface area contributed by atoms with Gasteiger partial charge in [-0.15, -0.1) is 0 Å². The van der Waals surface area contributed by atoms with Gasteiger partial charge < -0.3 is 9.84 Å². The van der Waals surface area contributed by atoms with Gasteiger partial charge in [-0.05, 0) is 18.8 Å². The number of carboxylic acid groups (broad SMARTS) is 1. The van der Waals surface area contributed by atoms with Crippen LogP contribution >= 0.6 is 0 Å². The number of hydrogen-bond acceptors (Lipinski definition) is 3. The predicted octanol–water partition coefficient (Wildman–Crippen LogP) is 2.61. The van der Waals surface area contributed by atoms with Crippen molar-refractivity contribution in [2.75, 3.05) is 6.61 Å². The fraction of sp³-hybridized carbons (Fsp3) is 0.714. The van der Waals surface area contributed by atoms with E-state index in [1.807, 2.05) is 0 Å². The highest BCUT2D eigenvalue weighted by Crippen LogP contribution is 2.23. The minimum absolute atomic E-state index is 0.239. The Morgan fingerprint density at radius 1 is 1.42 bits per heavy atom. The zero-order chi connectivity index (χ0) is 13.7. The van der Waals surface area contributed by atoms with E-state index in [4.69, 9.17) is 9.84 Å². The second-order valence-corrected chi connectivity index (χ2v) is 5.31. The molecular weight excluding hydrogens is 244 g/mol. The van der Waals surface area contributed by atoms with Crippen LogP contribution in [-0.2, 0) is 18.4 Å². The van der Waals surface area contributed by atoms with Crippen LogP contribution in [0.2, 0.25) is 0 Å². The molecular formula is C14H22N2O3. The molecule has 1 saturated carbocycles. The molecule has 1 fully saturated rings. The molecule has 1 aliphatic rings. The summed E-state index contributed by atoms with van der Waals surface area (Å²) in [5, 5.41) is 13.0. The Balaban J connectivity index is 1.85. The van der Waals surface area contributed by atoms with Gasteiger partial charge in [0, 0.05) is 13.7 Å². The third-order valence-corrected chi connectivity index (χ3v) is 3.86. The summed E-state index contributed by atoms with van der Waals surface area (Å²) in [6.07, 6.45) is 9.10. The Hall–Kier alpha value is -1.36. The summed E-state index contributed by atoms with van der Waals surface area (Å²) >= 11 is 0. The smallest absolute Gasteiger partial charge is 0.339 e. The fourth-order valence-corrected chi connectivity index (χ4v) is 2.67. The van der Waals surface area contributed by atoms with E-state index in [1.54, 1.807) is 11.7 Å². The van der Waals surface area contributed by atoms with Crippen LogP contribution in [0.3, 0.4) is 0 Å². The molecule has 0 radical (unpaired) electrons. The monoisotopic (exact) mass is 266 g/mol. The Labute approximate surface area is 113 Å². The average Bonchev–Trinajstić information content (AvgIpc) is 2.61. The average molecular weight is 266 g/mol. The highest BCUT2D eigenvalue weighted by atomic mass is 16.5. The van der Waals surface area contributed by atoms with E-state index in [9.17, 15) is 4.79 Å². The summed E-state index contributed by atoms with van der Waals surface area (Å²) in [5.41, 5.74) is 0.879. The van der Waals surface area contributed by atoms with Crippen LogP contribution in [0, 0.1) is 5.92 Å². The quantitative estimate of drug-likeness (QED) is 0.832. The normalized spacial score (nSPS) is 17.3. The number of ether oxygens (including phenoxy) is 1. The topological polar surface area (TPSA) is 64.4 Å². The lowest BCUT2D eigenvalue weighted by atomic mass is 10.0. The van der Waals surface area contributed by atoms with Crippen molar-refractivity contribution in [3.8, 4) is 0 Å². The summed E-state index contributed by atoms with van der Waals surface area (Å²) in [7, 11) is 1.75. The third-order valence-electron chi connectivity index (χ3n) is 3.86. The van der Waals surface area contributed by atoms with Crippen molar-refractivity contribution < 1.29 is 14.6 Å². The molecule has 1 aliphatic carbocycles. The molecule has 0 atom stereocenters. The van der Waals surface area contributed by atoms with Gasteiger partial charge in [-0.25, -0.2) is 4.79 Å². The number of rotatable bonds is 5. The van der Waals surface area contributed by atoms with Crippen molar-refractivity contribution in [2.45, 2.75) is 45.1 Å². The van der Waals surface area contributed by atoms with Crippen LogP contribution in [0.4, 0.5) is 0 Å². The zero-order valence-electron chi connectivity index (χ0n) is 11.5. The Morgan fingerprint density at radius 3 is 2.74 bits per heavy atom. The van der Waals surface area contributed by atoms with Crippen LogP contribution in [0.5, 0.6) is 0 Å². The minimum Gasteiger partial charge on any atom is -0.478 e. The molecule has 0 bridgehead atoms. The molecule has 5 heteroatoms. The lowest BCUT2D eigenvalue weighted by Gasteiger charge is -2.14. The molecule has 0 spiro atoms. The van der Waals surface area contributed by atoms with E-state index in [0.29, 0.717) is 18.2 Å². The Kier molecular flexibility index (Phi) is 4.96. The number of aromatic nitrogens is 2. The largest absolute Gasteiger partial charge is 0.478 e. The molecule has 19 heavy (non-hydrogen) atoms. The molecule has 0 aliphatic heterocycles. The van der Waals surface area contributed by atoms with Crippen LogP contribution in [0.15, 0.2) is 6.20 Å².